The first-order valence-corrected chi connectivity index (χ1v) is 18.5. The average Bonchev–Trinajstić information content (AvgIpc) is 2.89. The van der Waals surface area contributed by atoms with Crippen LogP contribution >= 0.6 is 0 Å². The molecule has 39 heavy (non-hydrogen) atoms. The van der Waals surface area contributed by atoms with E-state index >= 15 is 0 Å². The second-order valence-corrected chi connectivity index (χ2v) is 14.6. The van der Waals surface area contributed by atoms with E-state index in [-0.39, 0.29) is 0 Å². The Balaban J connectivity index is 3.52. The van der Waals surface area contributed by atoms with E-state index in [0.29, 0.717) is 0 Å². The quantitative estimate of drug-likeness (QED) is 0.0575. The highest BCUT2D eigenvalue weighted by molar-refractivity contribution is 4.51. The van der Waals surface area contributed by atoms with Crippen molar-refractivity contribution in [3.05, 3.63) is 0 Å². The summed E-state index contributed by atoms with van der Waals surface area (Å²) in [6, 6.07) is 0. The lowest BCUT2D eigenvalue weighted by molar-refractivity contribution is -0.892. The van der Waals surface area contributed by atoms with Crippen molar-refractivity contribution in [2.45, 2.75) is 187 Å². The number of nitrogens with zero attached hydrogens (tertiary/aromatic N) is 2. The summed E-state index contributed by atoms with van der Waals surface area (Å²) < 4.78 is 2.46. The van der Waals surface area contributed by atoms with Crippen LogP contribution in [0, 0.1) is 0 Å². The van der Waals surface area contributed by atoms with Gasteiger partial charge in [-0.15, -0.1) is 0 Å². The highest BCUT2D eigenvalue weighted by Gasteiger charge is 2.16. The molecule has 0 heterocycles. The SMILES string of the molecule is CCCCCCCCCCCCCC[N+](C)(C)CCCCC[N+](C)(C)CCCCCCCCCCCCCC. The summed E-state index contributed by atoms with van der Waals surface area (Å²) in [7, 11) is 9.86. The van der Waals surface area contributed by atoms with E-state index in [1.54, 1.807) is 0 Å². The van der Waals surface area contributed by atoms with Crippen molar-refractivity contribution in [1.82, 2.24) is 0 Å². The Bertz CT molecular complexity index is 428. The van der Waals surface area contributed by atoms with Crippen molar-refractivity contribution in [1.29, 1.82) is 0 Å². The number of hydrogen-bond donors (Lipinski definition) is 0. The maximum Gasteiger partial charge on any atom is 0.0782 e. The molecule has 0 unspecified atom stereocenters. The van der Waals surface area contributed by atoms with E-state index in [2.05, 4.69) is 42.0 Å². The molecule has 0 radical (unpaired) electrons. The van der Waals surface area contributed by atoms with Crippen LogP contribution in [-0.4, -0.2) is 63.3 Å². The standard InChI is InChI=1S/C37H80N2/c1-7-9-11-13-15-17-19-21-23-25-27-30-34-38(3,4)36-32-29-33-37-39(5,6)35-31-28-26-24-22-20-18-16-14-12-10-8-2/h7-37H2,1-6H3/q+2. The molecule has 0 amide bonds. The van der Waals surface area contributed by atoms with Crippen molar-refractivity contribution in [3.63, 3.8) is 0 Å². The molecule has 0 rings (SSSR count). The van der Waals surface area contributed by atoms with Crippen molar-refractivity contribution in [3.8, 4) is 0 Å². The van der Waals surface area contributed by atoms with Crippen LogP contribution in [0.3, 0.4) is 0 Å². The van der Waals surface area contributed by atoms with Crippen LogP contribution in [0.5, 0.6) is 0 Å². The maximum absolute atomic E-state index is 2.46. The van der Waals surface area contributed by atoms with Gasteiger partial charge in [-0.2, -0.15) is 0 Å². The fourth-order valence-electron chi connectivity index (χ4n) is 6.24. The molecule has 0 aliphatic heterocycles. The second kappa shape index (κ2) is 28.1. The summed E-state index contributed by atoms with van der Waals surface area (Å²) >= 11 is 0. The van der Waals surface area contributed by atoms with Gasteiger partial charge in [-0.3, -0.25) is 0 Å². The predicted octanol–water partition coefficient (Wildman–Crippen LogP) is 11.7. The molecule has 0 atom stereocenters. The van der Waals surface area contributed by atoms with E-state index in [1.165, 1.54) is 209 Å². The molecule has 2 heteroatoms. The molecule has 0 bridgehead atoms. The predicted molar refractivity (Wildman–Crippen MR) is 180 cm³/mol. The molecule has 0 saturated heterocycles. The summed E-state index contributed by atoms with van der Waals surface area (Å²) in [5.41, 5.74) is 0. The number of hydrogen-bond acceptors (Lipinski definition) is 0. The molecule has 0 aliphatic rings. The molecule has 0 aromatic rings. The summed E-state index contributed by atoms with van der Waals surface area (Å²) in [6.45, 7) is 10.1. The zero-order valence-corrected chi connectivity index (χ0v) is 28.8. The lowest BCUT2D eigenvalue weighted by Gasteiger charge is -2.31. The van der Waals surface area contributed by atoms with Gasteiger partial charge in [0, 0.05) is 0 Å². The third kappa shape index (κ3) is 30.7. The molecule has 0 aromatic carbocycles. The summed E-state index contributed by atoms with van der Waals surface area (Å²) in [5.74, 6) is 0. The van der Waals surface area contributed by atoms with Gasteiger partial charge in [0.25, 0.3) is 0 Å². The summed E-state index contributed by atoms with van der Waals surface area (Å²) in [4.78, 5) is 0. The highest BCUT2D eigenvalue weighted by atomic mass is 15.3. The Morgan fingerprint density at radius 3 is 0.590 bits per heavy atom. The Hall–Kier alpha value is -0.0800. The molecule has 236 valence electrons. The molecular weight excluding hydrogens is 472 g/mol. The fourth-order valence-corrected chi connectivity index (χ4v) is 6.24. The van der Waals surface area contributed by atoms with Gasteiger partial charge in [0.1, 0.15) is 0 Å². The Kier molecular flexibility index (Phi) is 28.0. The largest absolute Gasteiger partial charge is 0.328 e. The molecule has 0 fully saturated rings. The first kappa shape index (κ1) is 38.9. The first-order chi connectivity index (χ1) is 18.8. The third-order valence-electron chi connectivity index (χ3n) is 9.26. The minimum Gasteiger partial charge on any atom is -0.328 e. The van der Waals surface area contributed by atoms with Gasteiger partial charge in [-0.25, -0.2) is 0 Å². The van der Waals surface area contributed by atoms with Gasteiger partial charge in [0.05, 0.1) is 54.4 Å². The number of quaternary nitrogens is 2. The third-order valence-corrected chi connectivity index (χ3v) is 9.26. The normalized spacial score (nSPS) is 12.5. The Morgan fingerprint density at radius 2 is 0.385 bits per heavy atom. The van der Waals surface area contributed by atoms with Crippen LogP contribution in [0.15, 0.2) is 0 Å². The van der Waals surface area contributed by atoms with E-state index in [1.807, 2.05) is 0 Å². The molecule has 0 aliphatic carbocycles. The van der Waals surface area contributed by atoms with Crippen LogP contribution in [0.1, 0.15) is 187 Å². The maximum atomic E-state index is 2.46. The van der Waals surface area contributed by atoms with Crippen molar-refractivity contribution < 1.29 is 8.97 Å². The molecule has 0 spiro atoms. The second-order valence-electron chi connectivity index (χ2n) is 14.6. The van der Waals surface area contributed by atoms with Crippen molar-refractivity contribution >= 4 is 0 Å². The minimum absolute atomic E-state index is 1.23. The van der Waals surface area contributed by atoms with Crippen LogP contribution < -0.4 is 0 Å². The Labute approximate surface area is 250 Å². The van der Waals surface area contributed by atoms with Crippen LogP contribution in [-0.2, 0) is 0 Å². The highest BCUT2D eigenvalue weighted by Crippen LogP contribution is 2.15. The smallest absolute Gasteiger partial charge is 0.0782 e. The van der Waals surface area contributed by atoms with Gasteiger partial charge in [0.15, 0.2) is 0 Å². The van der Waals surface area contributed by atoms with E-state index in [4.69, 9.17) is 0 Å². The van der Waals surface area contributed by atoms with Gasteiger partial charge in [0.2, 0.25) is 0 Å². The van der Waals surface area contributed by atoms with Crippen molar-refractivity contribution in [2.24, 2.45) is 0 Å². The Morgan fingerprint density at radius 1 is 0.231 bits per heavy atom. The number of rotatable bonds is 32. The van der Waals surface area contributed by atoms with Crippen molar-refractivity contribution in [2.75, 3.05) is 54.4 Å². The average molecular weight is 553 g/mol. The summed E-state index contributed by atoms with van der Waals surface area (Å²) in [6.07, 6.45) is 39.1. The lowest BCUT2D eigenvalue weighted by atomic mass is 10.0. The molecule has 0 saturated carbocycles. The van der Waals surface area contributed by atoms with E-state index in [9.17, 15) is 0 Å². The first-order valence-electron chi connectivity index (χ1n) is 18.5. The van der Waals surface area contributed by atoms with Crippen LogP contribution in [0.2, 0.25) is 0 Å². The molecule has 0 aromatic heterocycles. The van der Waals surface area contributed by atoms with Gasteiger partial charge >= 0.3 is 0 Å². The minimum atomic E-state index is 1.23. The monoisotopic (exact) mass is 553 g/mol. The zero-order valence-electron chi connectivity index (χ0n) is 28.8. The summed E-state index contributed by atoms with van der Waals surface area (Å²) in [5, 5.41) is 0. The van der Waals surface area contributed by atoms with E-state index in [0.717, 1.165) is 0 Å². The van der Waals surface area contributed by atoms with Crippen LogP contribution in [0.25, 0.3) is 0 Å². The lowest BCUT2D eigenvalue weighted by Crippen LogP contribution is -2.42. The van der Waals surface area contributed by atoms with Gasteiger partial charge in [-0.1, -0.05) is 142 Å². The molecule has 0 N–H and O–H groups in total. The topological polar surface area (TPSA) is 0 Å². The van der Waals surface area contributed by atoms with E-state index < -0.39 is 0 Å². The van der Waals surface area contributed by atoms with Gasteiger partial charge < -0.3 is 8.97 Å². The zero-order chi connectivity index (χ0) is 28.9. The van der Waals surface area contributed by atoms with Crippen LogP contribution in [0.4, 0.5) is 0 Å². The number of unbranched alkanes of at least 4 members (excludes halogenated alkanes) is 24. The fraction of sp³-hybridized carbons (Fsp3) is 1.00. The molecule has 2 nitrogen and oxygen atoms in total. The van der Waals surface area contributed by atoms with Gasteiger partial charge in [-0.05, 0) is 44.9 Å². The molecular formula is C37H80N2+2.